The Labute approximate surface area is 153 Å². The molecule has 126 valence electrons. The van der Waals surface area contributed by atoms with Crippen LogP contribution < -0.4 is 15.1 Å². The predicted molar refractivity (Wildman–Crippen MR) is 105 cm³/mol. The van der Waals surface area contributed by atoms with E-state index in [1.54, 1.807) is 0 Å². The van der Waals surface area contributed by atoms with Crippen LogP contribution in [-0.4, -0.2) is 19.3 Å². The Bertz CT molecular complexity index is 694. The molecule has 0 aromatic heterocycles. The number of fused-ring (bicyclic) bond motifs is 1. The summed E-state index contributed by atoms with van der Waals surface area (Å²) in [5, 5.41) is 4.51. The minimum absolute atomic E-state index is 0.140. The van der Waals surface area contributed by atoms with E-state index in [2.05, 4.69) is 35.0 Å². The molecule has 1 heterocycles. The molecule has 3 rings (SSSR count). The molecule has 0 fully saturated rings. The van der Waals surface area contributed by atoms with Crippen molar-refractivity contribution in [3.63, 3.8) is 0 Å². The van der Waals surface area contributed by atoms with E-state index >= 15 is 0 Å². The van der Waals surface area contributed by atoms with Gasteiger partial charge < -0.3 is 15.1 Å². The van der Waals surface area contributed by atoms with Crippen molar-refractivity contribution in [2.45, 2.75) is 20.0 Å². The van der Waals surface area contributed by atoms with E-state index in [4.69, 9.17) is 23.2 Å². The van der Waals surface area contributed by atoms with Crippen LogP contribution >= 0.6 is 23.2 Å². The Kier molecular flexibility index (Phi) is 5.22. The molecule has 24 heavy (non-hydrogen) atoms. The van der Waals surface area contributed by atoms with E-state index in [1.165, 1.54) is 0 Å². The van der Waals surface area contributed by atoms with Crippen molar-refractivity contribution in [1.29, 1.82) is 0 Å². The van der Waals surface area contributed by atoms with Crippen LogP contribution in [0.5, 0.6) is 0 Å². The van der Waals surface area contributed by atoms with Gasteiger partial charge in [-0.15, -0.1) is 0 Å². The van der Waals surface area contributed by atoms with Crippen LogP contribution in [-0.2, 0) is 0 Å². The number of nitrogens with zero attached hydrogens (tertiary/aromatic N) is 2. The molecule has 0 amide bonds. The molecule has 0 radical (unpaired) electrons. The number of hydrogen-bond acceptors (Lipinski definition) is 3. The lowest BCUT2D eigenvalue weighted by atomic mass is 10.2. The highest BCUT2D eigenvalue weighted by atomic mass is 35.5. The van der Waals surface area contributed by atoms with Crippen LogP contribution in [0, 0.1) is 0 Å². The molecule has 5 heteroatoms. The van der Waals surface area contributed by atoms with Gasteiger partial charge in [0, 0.05) is 25.0 Å². The summed E-state index contributed by atoms with van der Waals surface area (Å²) < 4.78 is 0. The first-order valence-corrected chi connectivity index (χ1v) is 8.91. The Balaban J connectivity index is 1.87. The van der Waals surface area contributed by atoms with E-state index in [0.717, 1.165) is 30.2 Å². The molecule has 0 atom stereocenters. The fourth-order valence-electron chi connectivity index (χ4n) is 3.13. The van der Waals surface area contributed by atoms with Crippen LogP contribution in [0.1, 0.15) is 13.8 Å². The second kappa shape index (κ2) is 7.37. The summed E-state index contributed by atoms with van der Waals surface area (Å²) in [6.07, 6.45) is 4.31. The van der Waals surface area contributed by atoms with Crippen molar-refractivity contribution in [3.8, 4) is 0 Å². The highest BCUT2D eigenvalue weighted by molar-refractivity contribution is 6.42. The minimum Gasteiger partial charge on any atom is -0.362 e. The zero-order chi connectivity index (χ0) is 17.1. The lowest BCUT2D eigenvalue weighted by Gasteiger charge is -2.29. The van der Waals surface area contributed by atoms with Crippen molar-refractivity contribution in [1.82, 2.24) is 0 Å². The molecular formula is C19H21Cl2N3. The minimum atomic E-state index is 0.140. The van der Waals surface area contributed by atoms with Crippen molar-refractivity contribution in [2.75, 3.05) is 28.2 Å². The second-order valence-corrected chi connectivity index (χ2v) is 6.42. The molecule has 0 spiro atoms. The quantitative estimate of drug-likeness (QED) is 0.746. The number of benzene rings is 2. The van der Waals surface area contributed by atoms with Gasteiger partial charge in [-0.3, -0.25) is 0 Å². The van der Waals surface area contributed by atoms with Gasteiger partial charge in [-0.05, 0) is 44.2 Å². The van der Waals surface area contributed by atoms with Crippen molar-refractivity contribution >= 4 is 40.3 Å². The van der Waals surface area contributed by atoms with Gasteiger partial charge in [0.15, 0.2) is 0 Å². The number of hydrogen-bond donors (Lipinski definition) is 1. The average Bonchev–Trinajstić information content (AvgIpc) is 2.88. The number of para-hydroxylation sites is 1. The molecular weight excluding hydrogens is 341 g/mol. The molecule has 1 aliphatic rings. The van der Waals surface area contributed by atoms with E-state index in [1.807, 2.05) is 48.7 Å². The summed E-state index contributed by atoms with van der Waals surface area (Å²) >= 11 is 12.5. The first kappa shape index (κ1) is 17.0. The van der Waals surface area contributed by atoms with E-state index in [9.17, 15) is 0 Å². The lowest BCUT2D eigenvalue weighted by molar-refractivity contribution is 0.693. The maximum atomic E-state index is 6.23. The summed E-state index contributed by atoms with van der Waals surface area (Å²) in [5.74, 6) is 0. The fraction of sp³-hybridized carbons (Fsp3) is 0.263. The number of likely N-dealkylation sites (N-methyl/N-ethyl adjacent to an activating group) is 2. The zero-order valence-corrected chi connectivity index (χ0v) is 15.3. The molecule has 0 saturated carbocycles. The van der Waals surface area contributed by atoms with Gasteiger partial charge >= 0.3 is 0 Å². The third-order valence-corrected chi connectivity index (χ3v) is 4.97. The van der Waals surface area contributed by atoms with Crippen LogP contribution in [0.3, 0.4) is 0 Å². The Hall–Kier alpha value is -1.84. The third kappa shape index (κ3) is 3.19. The maximum Gasteiger partial charge on any atom is 0.123 e. The zero-order valence-electron chi connectivity index (χ0n) is 13.8. The van der Waals surface area contributed by atoms with Gasteiger partial charge in [0.2, 0.25) is 0 Å². The highest BCUT2D eigenvalue weighted by Crippen LogP contribution is 2.44. The first-order valence-electron chi connectivity index (χ1n) is 8.16. The normalized spacial score (nSPS) is 14.5. The Morgan fingerprint density at radius 1 is 0.958 bits per heavy atom. The summed E-state index contributed by atoms with van der Waals surface area (Å²) in [6, 6.07) is 14.1. The number of nitrogens with one attached hydrogen (secondary N) is 1. The van der Waals surface area contributed by atoms with E-state index in [0.29, 0.717) is 10.0 Å². The maximum absolute atomic E-state index is 6.23. The average molecular weight is 362 g/mol. The predicted octanol–water partition coefficient (Wildman–Crippen LogP) is 5.61. The van der Waals surface area contributed by atoms with Gasteiger partial charge in [0.1, 0.15) is 6.17 Å². The van der Waals surface area contributed by atoms with Gasteiger partial charge in [0.25, 0.3) is 0 Å². The largest absolute Gasteiger partial charge is 0.362 e. The molecule has 0 aliphatic carbocycles. The topological polar surface area (TPSA) is 18.5 Å². The van der Waals surface area contributed by atoms with Gasteiger partial charge in [-0.2, -0.15) is 0 Å². The first-order chi connectivity index (χ1) is 11.7. The monoisotopic (exact) mass is 361 g/mol. The summed E-state index contributed by atoms with van der Waals surface area (Å²) in [5.41, 5.74) is 3.33. The second-order valence-electron chi connectivity index (χ2n) is 5.61. The number of halogens is 2. The van der Waals surface area contributed by atoms with Crippen molar-refractivity contribution in [3.05, 3.63) is 64.8 Å². The van der Waals surface area contributed by atoms with Gasteiger partial charge in [-0.25, -0.2) is 0 Å². The molecule has 0 bridgehead atoms. The molecule has 3 nitrogen and oxygen atoms in total. The lowest BCUT2D eigenvalue weighted by Crippen LogP contribution is -2.41. The summed E-state index contributed by atoms with van der Waals surface area (Å²) in [6.45, 7) is 6.08. The standard InChI is InChI=1S/C19H21Cl2N3/c1-3-23-17-12-15(20)16(21)13-18(17)24(4-2)19(23)10-11-22-14-8-6-5-7-9-14/h5-13,19,22H,3-4H2,1-2H3/b11-10+. The Morgan fingerprint density at radius 2 is 1.50 bits per heavy atom. The SMILES string of the molecule is CCN1c2cc(Cl)c(Cl)cc2N(CC)C1/C=C/Nc1ccccc1. The third-order valence-electron chi connectivity index (χ3n) is 4.25. The van der Waals surface area contributed by atoms with Crippen molar-refractivity contribution < 1.29 is 0 Å². The van der Waals surface area contributed by atoms with Crippen LogP contribution in [0.2, 0.25) is 10.0 Å². The van der Waals surface area contributed by atoms with Crippen LogP contribution in [0.15, 0.2) is 54.7 Å². The van der Waals surface area contributed by atoms with Crippen molar-refractivity contribution in [2.24, 2.45) is 0 Å². The smallest absolute Gasteiger partial charge is 0.123 e. The summed E-state index contributed by atoms with van der Waals surface area (Å²) in [4.78, 5) is 4.65. The highest BCUT2D eigenvalue weighted by Gasteiger charge is 2.33. The van der Waals surface area contributed by atoms with Gasteiger partial charge in [0.05, 0.1) is 21.4 Å². The number of rotatable bonds is 5. The van der Waals surface area contributed by atoms with Crippen LogP contribution in [0.25, 0.3) is 0 Å². The molecule has 1 N–H and O–H groups in total. The van der Waals surface area contributed by atoms with Crippen LogP contribution in [0.4, 0.5) is 17.1 Å². The molecule has 0 saturated heterocycles. The number of anilines is 3. The van der Waals surface area contributed by atoms with Gasteiger partial charge in [-0.1, -0.05) is 41.4 Å². The molecule has 1 aliphatic heterocycles. The molecule has 0 unspecified atom stereocenters. The summed E-state index contributed by atoms with van der Waals surface area (Å²) in [7, 11) is 0. The molecule has 2 aromatic carbocycles. The van der Waals surface area contributed by atoms with E-state index in [-0.39, 0.29) is 6.17 Å². The molecule has 2 aromatic rings. The Morgan fingerprint density at radius 3 is 2.00 bits per heavy atom. The van der Waals surface area contributed by atoms with E-state index < -0.39 is 0 Å². The fourth-order valence-corrected chi connectivity index (χ4v) is 3.44.